The van der Waals surface area contributed by atoms with Crippen LogP contribution in [0.4, 0.5) is 0 Å². The molecular formula is C9H14O5. The van der Waals surface area contributed by atoms with Crippen LogP contribution >= 0.6 is 0 Å². The van der Waals surface area contributed by atoms with Crippen molar-refractivity contribution >= 4 is 5.97 Å². The fourth-order valence-corrected chi connectivity index (χ4v) is 1.16. The van der Waals surface area contributed by atoms with Crippen molar-refractivity contribution in [1.82, 2.24) is 0 Å². The Morgan fingerprint density at radius 2 is 2.07 bits per heavy atom. The standard InChI is InChI=1S/C9H14O5/c1-4(10)7(11)3-6-8(12)5(2)14-9(6)13/h3-5,7-8,10-12H,1-2H3/b6-3-/t4-,5-,7-,8-/m1/s1. The number of cyclic esters (lactones) is 1. The van der Waals surface area contributed by atoms with Crippen molar-refractivity contribution in [2.24, 2.45) is 0 Å². The molecule has 0 bridgehead atoms. The number of aliphatic hydroxyl groups excluding tert-OH is 3. The summed E-state index contributed by atoms with van der Waals surface area (Å²) in [5, 5.41) is 27.7. The van der Waals surface area contributed by atoms with Crippen LogP contribution in [0.25, 0.3) is 0 Å². The van der Waals surface area contributed by atoms with Gasteiger partial charge in [0.1, 0.15) is 12.2 Å². The fourth-order valence-electron chi connectivity index (χ4n) is 1.16. The Morgan fingerprint density at radius 3 is 2.43 bits per heavy atom. The molecule has 0 spiro atoms. The Balaban J connectivity index is 2.81. The van der Waals surface area contributed by atoms with Gasteiger partial charge in [-0.1, -0.05) is 0 Å². The van der Waals surface area contributed by atoms with Crippen LogP contribution in [0.15, 0.2) is 11.6 Å². The van der Waals surface area contributed by atoms with Crippen molar-refractivity contribution in [3.05, 3.63) is 11.6 Å². The van der Waals surface area contributed by atoms with Gasteiger partial charge >= 0.3 is 5.97 Å². The molecule has 4 atom stereocenters. The molecule has 14 heavy (non-hydrogen) atoms. The van der Waals surface area contributed by atoms with Crippen molar-refractivity contribution in [3.63, 3.8) is 0 Å². The lowest BCUT2D eigenvalue weighted by Crippen LogP contribution is -2.24. The summed E-state index contributed by atoms with van der Waals surface area (Å²) in [5.41, 5.74) is 0.00546. The molecule has 5 heteroatoms. The molecule has 3 N–H and O–H groups in total. The summed E-state index contributed by atoms with van der Waals surface area (Å²) in [5.74, 6) is -0.648. The van der Waals surface area contributed by atoms with E-state index < -0.39 is 30.4 Å². The number of hydrogen-bond donors (Lipinski definition) is 3. The van der Waals surface area contributed by atoms with E-state index in [1.54, 1.807) is 6.92 Å². The van der Waals surface area contributed by atoms with Gasteiger partial charge < -0.3 is 20.1 Å². The van der Waals surface area contributed by atoms with Gasteiger partial charge in [0.25, 0.3) is 0 Å². The Kier molecular flexibility index (Phi) is 3.25. The summed E-state index contributed by atoms with van der Waals surface area (Å²) in [4.78, 5) is 11.1. The third-order valence-corrected chi connectivity index (χ3v) is 2.14. The van der Waals surface area contributed by atoms with Gasteiger partial charge in [-0.3, -0.25) is 0 Å². The highest BCUT2D eigenvalue weighted by molar-refractivity contribution is 5.92. The van der Waals surface area contributed by atoms with Crippen LogP contribution in [-0.2, 0) is 9.53 Å². The van der Waals surface area contributed by atoms with Crippen LogP contribution in [0.3, 0.4) is 0 Å². The lowest BCUT2D eigenvalue weighted by Gasteiger charge is -2.10. The van der Waals surface area contributed by atoms with Crippen molar-refractivity contribution in [1.29, 1.82) is 0 Å². The normalized spacial score (nSPS) is 34.4. The summed E-state index contributed by atoms with van der Waals surface area (Å²) in [6.07, 6.45) is -2.66. The van der Waals surface area contributed by atoms with Crippen LogP contribution < -0.4 is 0 Å². The summed E-state index contributed by atoms with van der Waals surface area (Å²) in [6, 6.07) is 0. The molecule has 0 aliphatic carbocycles. The zero-order valence-corrected chi connectivity index (χ0v) is 8.04. The van der Waals surface area contributed by atoms with Crippen LogP contribution in [-0.4, -0.2) is 45.7 Å². The van der Waals surface area contributed by atoms with E-state index in [0.29, 0.717) is 0 Å². The van der Waals surface area contributed by atoms with Crippen LogP contribution in [0, 0.1) is 0 Å². The molecule has 1 aliphatic heterocycles. The molecule has 0 aromatic carbocycles. The Bertz CT molecular complexity index is 258. The summed E-state index contributed by atoms with van der Waals surface area (Å²) < 4.78 is 4.72. The molecule has 0 radical (unpaired) electrons. The molecule has 0 saturated carbocycles. The average Bonchev–Trinajstić information content (AvgIpc) is 2.32. The van der Waals surface area contributed by atoms with Gasteiger partial charge in [-0.2, -0.15) is 0 Å². The molecule has 1 aliphatic rings. The van der Waals surface area contributed by atoms with E-state index in [1.165, 1.54) is 6.92 Å². The first-order valence-corrected chi connectivity index (χ1v) is 4.40. The highest BCUT2D eigenvalue weighted by atomic mass is 16.6. The number of hydrogen-bond acceptors (Lipinski definition) is 5. The predicted molar refractivity (Wildman–Crippen MR) is 47.3 cm³/mol. The number of carbonyl (C=O) groups excluding carboxylic acids is 1. The molecule has 0 amide bonds. The zero-order chi connectivity index (χ0) is 10.9. The van der Waals surface area contributed by atoms with Gasteiger partial charge in [0.15, 0.2) is 0 Å². The quantitative estimate of drug-likeness (QED) is 0.393. The highest BCUT2D eigenvalue weighted by Crippen LogP contribution is 2.21. The van der Waals surface area contributed by atoms with E-state index in [1.807, 2.05) is 0 Å². The van der Waals surface area contributed by atoms with E-state index >= 15 is 0 Å². The molecule has 1 rings (SSSR count). The number of rotatable bonds is 2. The fraction of sp³-hybridized carbons (Fsp3) is 0.667. The van der Waals surface area contributed by atoms with Gasteiger partial charge in [0.05, 0.1) is 17.8 Å². The number of aliphatic hydroxyl groups is 3. The number of esters is 1. The zero-order valence-electron chi connectivity index (χ0n) is 8.04. The van der Waals surface area contributed by atoms with E-state index in [4.69, 9.17) is 9.84 Å². The molecule has 5 nitrogen and oxygen atoms in total. The largest absolute Gasteiger partial charge is 0.456 e. The van der Waals surface area contributed by atoms with Gasteiger partial charge in [-0.05, 0) is 19.9 Å². The second kappa shape index (κ2) is 4.08. The van der Waals surface area contributed by atoms with Crippen LogP contribution in [0.2, 0.25) is 0 Å². The lowest BCUT2D eigenvalue weighted by molar-refractivity contribution is -0.138. The molecule has 1 heterocycles. The first kappa shape index (κ1) is 11.2. The van der Waals surface area contributed by atoms with E-state index in [-0.39, 0.29) is 5.57 Å². The van der Waals surface area contributed by atoms with Gasteiger partial charge in [0.2, 0.25) is 0 Å². The second-order valence-corrected chi connectivity index (χ2v) is 3.41. The average molecular weight is 202 g/mol. The summed E-state index contributed by atoms with van der Waals surface area (Å²) in [7, 11) is 0. The predicted octanol–water partition coefficient (Wildman–Crippen LogP) is -1.04. The minimum absolute atomic E-state index is 0.00546. The maximum absolute atomic E-state index is 11.1. The molecule has 0 aromatic rings. The monoisotopic (exact) mass is 202 g/mol. The first-order valence-electron chi connectivity index (χ1n) is 4.40. The maximum Gasteiger partial charge on any atom is 0.336 e. The molecule has 0 unspecified atom stereocenters. The van der Waals surface area contributed by atoms with Crippen molar-refractivity contribution in [3.8, 4) is 0 Å². The van der Waals surface area contributed by atoms with E-state index in [9.17, 15) is 15.0 Å². The minimum atomic E-state index is -1.17. The highest BCUT2D eigenvalue weighted by Gasteiger charge is 2.36. The SMILES string of the molecule is C[C@@H](O)[C@H](O)/C=C1\C(=O)O[C@H](C)[C@H]1O. The van der Waals surface area contributed by atoms with Gasteiger partial charge in [-0.25, -0.2) is 4.79 Å². The first-order chi connectivity index (χ1) is 6.43. The lowest BCUT2D eigenvalue weighted by atomic mass is 10.1. The summed E-state index contributed by atoms with van der Waals surface area (Å²) in [6.45, 7) is 2.94. The number of ether oxygens (including phenoxy) is 1. The van der Waals surface area contributed by atoms with Gasteiger partial charge in [0, 0.05) is 0 Å². The van der Waals surface area contributed by atoms with Crippen LogP contribution in [0.1, 0.15) is 13.8 Å². The third-order valence-electron chi connectivity index (χ3n) is 2.14. The van der Waals surface area contributed by atoms with Crippen molar-refractivity contribution < 1.29 is 24.9 Å². The molecule has 1 fully saturated rings. The smallest absolute Gasteiger partial charge is 0.336 e. The Labute approximate surface area is 81.6 Å². The topological polar surface area (TPSA) is 87.0 Å². The second-order valence-electron chi connectivity index (χ2n) is 3.41. The Hall–Kier alpha value is -0.910. The van der Waals surface area contributed by atoms with Crippen molar-refractivity contribution in [2.45, 2.75) is 38.3 Å². The van der Waals surface area contributed by atoms with Crippen LogP contribution in [0.5, 0.6) is 0 Å². The minimum Gasteiger partial charge on any atom is -0.456 e. The molecular weight excluding hydrogens is 188 g/mol. The number of carbonyl (C=O) groups is 1. The van der Waals surface area contributed by atoms with E-state index in [0.717, 1.165) is 6.08 Å². The maximum atomic E-state index is 11.1. The summed E-state index contributed by atoms with van der Waals surface area (Å²) >= 11 is 0. The molecule has 0 aromatic heterocycles. The van der Waals surface area contributed by atoms with E-state index in [2.05, 4.69) is 0 Å². The molecule has 1 saturated heterocycles. The van der Waals surface area contributed by atoms with Crippen molar-refractivity contribution in [2.75, 3.05) is 0 Å². The molecule has 80 valence electrons. The third kappa shape index (κ3) is 2.12. The Morgan fingerprint density at radius 1 is 1.50 bits per heavy atom. The van der Waals surface area contributed by atoms with Gasteiger partial charge in [-0.15, -0.1) is 0 Å².